The van der Waals surface area contributed by atoms with Gasteiger partial charge in [0.25, 0.3) is 0 Å². The van der Waals surface area contributed by atoms with Gasteiger partial charge in [-0.3, -0.25) is 9.69 Å². The first-order valence-electron chi connectivity index (χ1n) is 15.8. The molecule has 0 spiro atoms. The molecule has 2 aromatic carbocycles. The summed E-state index contributed by atoms with van der Waals surface area (Å²) in [7, 11) is 1.87. The van der Waals surface area contributed by atoms with E-state index in [1.54, 1.807) is 11.0 Å². The van der Waals surface area contributed by atoms with Gasteiger partial charge < -0.3 is 30.4 Å². The molecule has 47 heavy (non-hydrogen) atoms. The molecule has 0 unspecified atom stereocenters. The molecular formula is C33H34F2N8O3S. The van der Waals surface area contributed by atoms with Crippen LogP contribution in [0.2, 0.25) is 0 Å². The molecule has 0 bridgehead atoms. The highest BCUT2D eigenvalue weighted by Gasteiger charge is 2.45. The Balaban J connectivity index is 1.31. The molecule has 3 saturated heterocycles. The van der Waals surface area contributed by atoms with Crippen LogP contribution in [-0.4, -0.2) is 88.6 Å². The molecule has 6 heterocycles. The third-order valence-corrected chi connectivity index (χ3v) is 10.9. The normalized spacial score (nSPS) is 17.8. The molecule has 0 saturated carbocycles. The first-order chi connectivity index (χ1) is 22.8. The highest BCUT2D eigenvalue weighted by Crippen LogP contribution is 2.45. The third-order valence-electron chi connectivity index (χ3n) is 10.1. The number of amides is 1. The number of likely N-dealkylation sites (N-methyl/N-ethyl adjacent to an activating group) is 1. The summed E-state index contributed by atoms with van der Waals surface area (Å²) in [5.74, 6) is -0.773. The molecule has 14 heteroatoms. The van der Waals surface area contributed by atoms with Gasteiger partial charge in [-0.05, 0) is 68.6 Å². The van der Waals surface area contributed by atoms with Gasteiger partial charge in [-0.25, -0.2) is 13.8 Å². The third kappa shape index (κ3) is 4.88. The lowest BCUT2D eigenvalue weighted by Crippen LogP contribution is -2.61. The summed E-state index contributed by atoms with van der Waals surface area (Å²) >= 11 is 1.01. The summed E-state index contributed by atoms with van der Waals surface area (Å²) < 4.78 is 44.2. The van der Waals surface area contributed by atoms with Crippen molar-refractivity contribution >= 4 is 49.3 Å². The standard InChI is InChI=1S/C33H34F2N8O3S/c1-41(19-14-42(15-19)24(44)13-36)30-22-12-21(18-6-11-45-16-18)25(20-4-5-23(34)29-28(20)38-31(37)47-29)26(35)27(22)39-32(40-30)46-17-33-7-2-9-43(33)10-3-8-33/h4-6,11-12,16,19H,2-3,7-10,13-15,17,36H2,1H3,(H2,37,38). The number of rotatable bonds is 8. The van der Waals surface area contributed by atoms with Crippen LogP contribution in [-0.2, 0) is 4.79 Å². The number of carbonyl (C=O) groups excluding carboxylic acids is 1. The molecular weight excluding hydrogens is 626 g/mol. The quantitative estimate of drug-likeness (QED) is 0.242. The lowest BCUT2D eigenvalue weighted by molar-refractivity contribution is -0.133. The first-order valence-corrected chi connectivity index (χ1v) is 16.6. The molecule has 4 N–H and O–H groups in total. The van der Waals surface area contributed by atoms with Crippen LogP contribution in [0.3, 0.4) is 0 Å². The predicted octanol–water partition coefficient (Wildman–Crippen LogP) is 4.64. The maximum Gasteiger partial charge on any atom is 0.319 e. The Labute approximate surface area is 273 Å². The second kappa shape index (κ2) is 11.4. The van der Waals surface area contributed by atoms with Gasteiger partial charge in [-0.15, -0.1) is 0 Å². The van der Waals surface area contributed by atoms with Gasteiger partial charge in [0.15, 0.2) is 10.9 Å². The summed E-state index contributed by atoms with van der Waals surface area (Å²) in [6.45, 7) is 3.34. The van der Waals surface area contributed by atoms with Crippen molar-refractivity contribution in [3.05, 3.63) is 48.4 Å². The van der Waals surface area contributed by atoms with Crippen LogP contribution in [0, 0.1) is 11.6 Å². The Morgan fingerprint density at radius 1 is 1.13 bits per heavy atom. The number of aromatic nitrogens is 3. The van der Waals surface area contributed by atoms with Crippen LogP contribution in [0.25, 0.3) is 43.4 Å². The Bertz CT molecular complexity index is 2000. The summed E-state index contributed by atoms with van der Waals surface area (Å²) in [5, 5.41) is 0.632. The maximum atomic E-state index is 17.3. The molecule has 8 rings (SSSR count). The SMILES string of the molecule is CN(c1nc(OCC23CCCN2CCC3)nc2c(F)c(-c3ccc(F)c4sc(N)nc34)c(-c3ccoc3)cc12)C1CN(C(=O)CN)C1. The van der Waals surface area contributed by atoms with Crippen LogP contribution in [0.5, 0.6) is 6.01 Å². The molecule has 3 aliphatic heterocycles. The van der Waals surface area contributed by atoms with Gasteiger partial charge in [0, 0.05) is 42.2 Å². The van der Waals surface area contributed by atoms with E-state index in [1.807, 2.05) is 18.0 Å². The molecule has 11 nitrogen and oxygen atoms in total. The van der Waals surface area contributed by atoms with Crippen molar-refractivity contribution in [2.24, 2.45) is 5.73 Å². The number of nitrogens with two attached hydrogens (primary N) is 2. The van der Waals surface area contributed by atoms with Crippen molar-refractivity contribution in [1.82, 2.24) is 24.8 Å². The minimum Gasteiger partial charge on any atom is -0.472 e. The van der Waals surface area contributed by atoms with Crippen LogP contribution < -0.4 is 21.1 Å². The molecule has 3 aliphatic rings. The molecule has 3 fully saturated rings. The number of nitrogens with zero attached hydrogens (tertiary/aromatic N) is 6. The van der Waals surface area contributed by atoms with E-state index in [2.05, 4.69) is 14.9 Å². The number of furan rings is 1. The lowest BCUT2D eigenvalue weighted by atomic mass is 9.92. The van der Waals surface area contributed by atoms with Gasteiger partial charge in [0.05, 0.1) is 40.9 Å². The van der Waals surface area contributed by atoms with Crippen molar-refractivity contribution in [3.63, 3.8) is 0 Å². The number of hydrogen-bond acceptors (Lipinski definition) is 11. The number of likely N-dealkylation sites (tertiary alicyclic amines) is 1. The number of hydrogen-bond donors (Lipinski definition) is 2. The zero-order valence-electron chi connectivity index (χ0n) is 25.8. The van der Waals surface area contributed by atoms with E-state index in [0.717, 1.165) is 50.1 Å². The number of nitrogen functional groups attached to an aromatic ring is 1. The maximum absolute atomic E-state index is 17.3. The minimum absolute atomic E-state index is 0.0567. The number of ether oxygens (including phenoxy) is 1. The van der Waals surface area contributed by atoms with E-state index in [4.69, 9.17) is 25.6 Å². The lowest BCUT2D eigenvalue weighted by Gasteiger charge is -2.44. The molecule has 3 aromatic heterocycles. The number of carbonyl (C=O) groups is 1. The van der Waals surface area contributed by atoms with Gasteiger partial charge >= 0.3 is 6.01 Å². The molecule has 0 aliphatic carbocycles. The van der Waals surface area contributed by atoms with E-state index >= 15 is 4.39 Å². The van der Waals surface area contributed by atoms with Crippen molar-refractivity contribution < 1.29 is 22.7 Å². The van der Waals surface area contributed by atoms with Gasteiger partial charge in [0.1, 0.15) is 23.8 Å². The Morgan fingerprint density at radius 2 is 1.91 bits per heavy atom. The van der Waals surface area contributed by atoms with E-state index in [-0.39, 0.29) is 56.5 Å². The first kappa shape index (κ1) is 30.0. The fourth-order valence-electron chi connectivity index (χ4n) is 7.49. The average molecular weight is 661 g/mol. The van der Waals surface area contributed by atoms with E-state index < -0.39 is 11.6 Å². The molecule has 5 aromatic rings. The van der Waals surface area contributed by atoms with Gasteiger partial charge in [-0.1, -0.05) is 11.3 Å². The largest absolute Gasteiger partial charge is 0.472 e. The Hall–Kier alpha value is -4.40. The summed E-state index contributed by atoms with van der Waals surface area (Å²) in [6.07, 6.45) is 7.32. The number of halogens is 2. The fourth-order valence-corrected chi connectivity index (χ4v) is 8.26. The number of anilines is 2. The van der Waals surface area contributed by atoms with Crippen molar-refractivity contribution in [2.45, 2.75) is 37.3 Å². The Morgan fingerprint density at radius 3 is 2.64 bits per heavy atom. The summed E-state index contributed by atoms with van der Waals surface area (Å²) in [4.78, 5) is 32.3. The van der Waals surface area contributed by atoms with E-state index in [9.17, 15) is 9.18 Å². The van der Waals surface area contributed by atoms with Crippen LogP contribution in [0.1, 0.15) is 25.7 Å². The second-order valence-corrected chi connectivity index (χ2v) is 13.7. The zero-order valence-corrected chi connectivity index (χ0v) is 26.7. The highest BCUT2D eigenvalue weighted by atomic mass is 32.1. The van der Waals surface area contributed by atoms with Gasteiger partial charge in [0.2, 0.25) is 5.91 Å². The van der Waals surface area contributed by atoms with Gasteiger partial charge in [-0.2, -0.15) is 9.97 Å². The highest BCUT2D eigenvalue weighted by molar-refractivity contribution is 7.22. The molecule has 1 amide bonds. The smallest absolute Gasteiger partial charge is 0.319 e. The van der Waals surface area contributed by atoms with Crippen molar-refractivity contribution in [2.75, 3.05) is 57.0 Å². The second-order valence-electron chi connectivity index (χ2n) is 12.7. The van der Waals surface area contributed by atoms with E-state index in [0.29, 0.717) is 47.6 Å². The van der Waals surface area contributed by atoms with Crippen LogP contribution in [0.15, 0.2) is 41.2 Å². The number of thiazole rings is 1. The summed E-state index contributed by atoms with van der Waals surface area (Å²) in [6, 6.07) is 6.37. The fraction of sp³-hybridized carbons (Fsp3) is 0.394. The van der Waals surface area contributed by atoms with Crippen molar-refractivity contribution in [1.29, 1.82) is 0 Å². The monoisotopic (exact) mass is 660 g/mol. The Kier molecular flexibility index (Phi) is 7.26. The van der Waals surface area contributed by atoms with Crippen LogP contribution in [0.4, 0.5) is 19.7 Å². The number of fused-ring (bicyclic) bond motifs is 3. The zero-order chi connectivity index (χ0) is 32.4. The molecule has 0 radical (unpaired) electrons. The predicted molar refractivity (Wildman–Crippen MR) is 176 cm³/mol. The average Bonchev–Trinajstić information content (AvgIpc) is 3.84. The van der Waals surface area contributed by atoms with Crippen LogP contribution >= 0.6 is 11.3 Å². The van der Waals surface area contributed by atoms with Crippen molar-refractivity contribution in [3.8, 4) is 28.3 Å². The molecule has 244 valence electrons. The number of benzene rings is 2. The summed E-state index contributed by atoms with van der Waals surface area (Å²) in [5.41, 5.74) is 13.5. The van der Waals surface area contributed by atoms with E-state index in [1.165, 1.54) is 24.7 Å². The molecule has 0 atom stereocenters. The topological polar surface area (TPSA) is 140 Å². The minimum atomic E-state index is -0.629.